The zero-order valence-electron chi connectivity index (χ0n) is 11.4. The van der Waals surface area contributed by atoms with Crippen molar-refractivity contribution in [3.63, 3.8) is 0 Å². The van der Waals surface area contributed by atoms with Crippen molar-refractivity contribution in [2.24, 2.45) is 0 Å². The van der Waals surface area contributed by atoms with Crippen LogP contribution in [0.5, 0.6) is 0 Å². The van der Waals surface area contributed by atoms with Crippen LogP contribution in [0.25, 0.3) is 0 Å². The van der Waals surface area contributed by atoms with Crippen molar-refractivity contribution >= 4 is 16.0 Å². The number of carbonyl (C=O) groups is 1. The Hall–Kier alpha value is -0.700. The van der Waals surface area contributed by atoms with E-state index in [1.165, 1.54) is 10.6 Å². The molecule has 19 heavy (non-hydrogen) atoms. The molecular weight excluding hydrogens is 272 g/mol. The molecule has 0 aromatic heterocycles. The Morgan fingerprint density at radius 1 is 1.32 bits per heavy atom. The zero-order valence-corrected chi connectivity index (χ0v) is 12.2. The van der Waals surface area contributed by atoms with Crippen molar-refractivity contribution in [2.45, 2.75) is 19.4 Å². The largest absolute Gasteiger partial charge is 0.466 e. The summed E-state index contributed by atoms with van der Waals surface area (Å²) >= 11 is 0. The number of piperazine rings is 1. The monoisotopic (exact) mass is 294 g/mol. The first kappa shape index (κ1) is 16.4. The van der Waals surface area contributed by atoms with E-state index >= 15 is 0 Å². The van der Waals surface area contributed by atoms with Gasteiger partial charge < -0.3 is 9.84 Å². The average molecular weight is 294 g/mol. The van der Waals surface area contributed by atoms with Crippen molar-refractivity contribution < 1.29 is 23.1 Å². The Balaban J connectivity index is 2.31. The van der Waals surface area contributed by atoms with Crippen LogP contribution in [0.15, 0.2) is 0 Å². The number of hydrogen-bond acceptors (Lipinski definition) is 6. The van der Waals surface area contributed by atoms with Crippen LogP contribution >= 0.6 is 0 Å². The summed E-state index contributed by atoms with van der Waals surface area (Å²) in [6.07, 6.45) is 0.391. The molecule has 1 atom stereocenters. The second-order valence-electron chi connectivity index (χ2n) is 4.63. The third kappa shape index (κ3) is 5.85. The van der Waals surface area contributed by atoms with Crippen LogP contribution in [-0.2, 0) is 19.6 Å². The molecule has 8 heteroatoms. The molecule has 1 unspecified atom stereocenters. The highest BCUT2D eigenvalue weighted by molar-refractivity contribution is 7.88. The van der Waals surface area contributed by atoms with Gasteiger partial charge in [-0.25, -0.2) is 8.42 Å². The van der Waals surface area contributed by atoms with Gasteiger partial charge in [-0.1, -0.05) is 0 Å². The maximum atomic E-state index is 11.3. The summed E-state index contributed by atoms with van der Waals surface area (Å²) in [5.41, 5.74) is 0. The minimum Gasteiger partial charge on any atom is -0.466 e. The van der Waals surface area contributed by atoms with E-state index in [2.05, 4.69) is 0 Å². The Kier molecular flexibility index (Phi) is 6.18. The van der Waals surface area contributed by atoms with Gasteiger partial charge in [-0.05, 0) is 6.92 Å². The molecule has 0 bridgehead atoms. The van der Waals surface area contributed by atoms with Crippen LogP contribution in [-0.4, -0.2) is 80.4 Å². The molecule has 1 fully saturated rings. The Bertz CT molecular complexity index is 390. The fourth-order valence-electron chi connectivity index (χ4n) is 2.02. The molecule has 0 amide bonds. The second kappa shape index (κ2) is 7.18. The van der Waals surface area contributed by atoms with Gasteiger partial charge >= 0.3 is 5.97 Å². The topological polar surface area (TPSA) is 87.2 Å². The molecule has 1 saturated heterocycles. The van der Waals surface area contributed by atoms with Crippen LogP contribution in [0.4, 0.5) is 0 Å². The number of esters is 1. The highest BCUT2D eigenvalue weighted by Gasteiger charge is 2.25. The lowest BCUT2D eigenvalue weighted by atomic mass is 10.2. The van der Waals surface area contributed by atoms with Crippen LogP contribution in [0.1, 0.15) is 13.3 Å². The quantitative estimate of drug-likeness (QED) is 0.624. The van der Waals surface area contributed by atoms with Gasteiger partial charge in [0.2, 0.25) is 10.0 Å². The average Bonchev–Trinajstić information content (AvgIpc) is 2.28. The lowest BCUT2D eigenvalue weighted by Crippen LogP contribution is -2.50. The second-order valence-corrected chi connectivity index (χ2v) is 6.61. The summed E-state index contributed by atoms with van der Waals surface area (Å²) in [4.78, 5) is 13.1. The molecule has 1 heterocycles. The number of sulfonamides is 1. The van der Waals surface area contributed by atoms with Gasteiger partial charge in [-0.2, -0.15) is 4.31 Å². The normalized spacial score (nSPS) is 20.2. The molecule has 0 radical (unpaired) electrons. The van der Waals surface area contributed by atoms with E-state index < -0.39 is 22.1 Å². The SMILES string of the molecule is CCOC(=O)CC(O)CN1CCN(S(C)(=O)=O)CC1. The van der Waals surface area contributed by atoms with Crippen LogP contribution in [0.3, 0.4) is 0 Å². The van der Waals surface area contributed by atoms with Gasteiger partial charge in [-0.15, -0.1) is 0 Å². The van der Waals surface area contributed by atoms with Crippen molar-refractivity contribution in [2.75, 3.05) is 45.6 Å². The molecule has 0 aliphatic carbocycles. The molecule has 1 rings (SSSR count). The first-order chi connectivity index (χ1) is 8.82. The first-order valence-corrected chi connectivity index (χ1v) is 8.19. The first-order valence-electron chi connectivity index (χ1n) is 6.34. The van der Waals surface area contributed by atoms with Gasteiger partial charge in [-0.3, -0.25) is 9.69 Å². The van der Waals surface area contributed by atoms with Crippen molar-refractivity contribution in [3.8, 4) is 0 Å². The van der Waals surface area contributed by atoms with Gasteiger partial charge in [0.05, 0.1) is 25.4 Å². The van der Waals surface area contributed by atoms with E-state index in [-0.39, 0.29) is 6.42 Å². The van der Waals surface area contributed by atoms with Crippen molar-refractivity contribution in [3.05, 3.63) is 0 Å². The number of aliphatic hydroxyl groups is 1. The van der Waals surface area contributed by atoms with E-state index in [4.69, 9.17) is 4.74 Å². The minimum atomic E-state index is -3.13. The van der Waals surface area contributed by atoms with Gasteiger partial charge in [0.25, 0.3) is 0 Å². The minimum absolute atomic E-state index is 0.0276. The highest BCUT2D eigenvalue weighted by atomic mass is 32.2. The fraction of sp³-hybridized carbons (Fsp3) is 0.909. The molecule has 0 spiro atoms. The zero-order chi connectivity index (χ0) is 14.5. The summed E-state index contributed by atoms with van der Waals surface area (Å²) < 4.78 is 28.8. The highest BCUT2D eigenvalue weighted by Crippen LogP contribution is 2.07. The van der Waals surface area contributed by atoms with E-state index in [9.17, 15) is 18.3 Å². The number of nitrogens with zero attached hydrogens (tertiary/aromatic N) is 2. The molecule has 7 nitrogen and oxygen atoms in total. The smallest absolute Gasteiger partial charge is 0.308 e. The van der Waals surface area contributed by atoms with E-state index in [1.54, 1.807) is 6.92 Å². The number of β-amino-alcohol motifs (C(OH)–C–C–N with tert-alkyl or cyclic N) is 1. The van der Waals surface area contributed by atoms with E-state index in [0.29, 0.717) is 39.3 Å². The summed E-state index contributed by atoms with van der Waals surface area (Å²) in [6.45, 7) is 4.35. The lowest BCUT2D eigenvalue weighted by Gasteiger charge is -2.34. The summed E-state index contributed by atoms with van der Waals surface area (Å²) in [7, 11) is -3.13. The third-order valence-electron chi connectivity index (χ3n) is 2.98. The van der Waals surface area contributed by atoms with Crippen LogP contribution in [0, 0.1) is 0 Å². The summed E-state index contributed by atoms with van der Waals surface area (Å²) in [5.74, 6) is -0.412. The number of ether oxygens (including phenoxy) is 1. The fourth-order valence-corrected chi connectivity index (χ4v) is 2.85. The third-order valence-corrected chi connectivity index (χ3v) is 4.28. The van der Waals surface area contributed by atoms with E-state index in [0.717, 1.165) is 0 Å². The lowest BCUT2D eigenvalue weighted by molar-refractivity contribution is -0.145. The van der Waals surface area contributed by atoms with Crippen molar-refractivity contribution in [1.82, 2.24) is 9.21 Å². The maximum Gasteiger partial charge on any atom is 0.308 e. The summed E-state index contributed by atoms with van der Waals surface area (Å²) in [6, 6.07) is 0. The molecule has 0 saturated carbocycles. The standard InChI is InChI=1S/C11H22N2O5S/c1-3-18-11(15)8-10(14)9-12-4-6-13(7-5-12)19(2,16)17/h10,14H,3-9H2,1-2H3. The Labute approximate surface area is 114 Å². The molecule has 0 aromatic carbocycles. The van der Waals surface area contributed by atoms with Gasteiger partial charge in [0, 0.05) is 32.7 Å². The predicted octanol–water partition coefficient (Wildman–Crippen LogP) is -1.12. The van der Waals surface area contributed by atoms with Crippen molar-refractivity contribution in [1.29, 1.82) is 0 Å². The number of rotatable bonds is 6. The molecule has 1 N–H and O–H groups in total. The van der Waals surface area contributed by atoms with Crippen LogP contribution in [0.2, 0.25) is 0 Å². The van der Waals surface area contributed by atoms with Crippen LogP contribution < -0.4 is 0 Å². The van der Waals surface area contributed by atoms with Gasteiger partial charge in [0.1, 0.15) is 0 Å². The number of aliphatic hydroxyl groups excluding tert-OH is 1. The maximum absolute atomic E-state index is 11.3. The molecule has 1 aliphatic heterocycles. The summed E-state index contributed by atoms with van der Waals surface area (Å²) in [5, 5.41) is 9.75. The predicted molar refractivity (Wildman–Crippen MR) is 70.1 cm³/mol. The molecule has 112 valence electrons. The number of carbonyl (C=O) groups excluding carboxylic acids is 1. The number of hydrogen-bond donors (Lipinski definition) is 1. The van der Waals surface area contributed by atoms with E-state index in [1.807, 2.05) is 4.90 Å². The molecular formula is C11H22N2O5S. The molecule has 1 aliphatic rings. The van der Waals surface area contributed by atoms with Gasteiger partial charge in [0.15, 0.2) is 0 Å². The molecule has 0 aromatic rings. The Morgan fingerprint density at radius 3 is 2.37 bits per heavy atom. The Morgan fingerprint density at radius 2 is 1.89 bits per heavy atom.